The summed E-state index contributed by atoms with van der Waals surface area (Å²) in [4.78, 5) is 4.67. The van der Waals surface area contributed by atoms with Gasteiger partial charge in [-0.15, -0.1) is 0 Å². The highest BCUT2D eigenvalue weighted by Crippen LogP contribution is 2.45. The molecule has 2 aliphatic heterocycles. The Morgan fingerprint density at radius 1 is 1.45 bits per heavy atom. The Hall–Kier alpha value is -0.710. The first-order chi connectivity index (χ1) is 9.65. The Morgan fingerprint density at radius 3 is 3.05 bits per heavy atom. The molecule has 0 bridgehead atoms. The van der Waals surface area contributed by atoms with Crippen LogP contribution in [0.5, 0.6) is 0 Å². The molecule has 108 valence electrons. The Bertz CT molecular complexity index is 557. The van der Waals surface area contributed by atoms with Crippen molar-refractivity contribution < 1.29 is 13.5 Å². The lowest BCUT2D eigenvalue weighted by Gasteiger charge is -2.44. The average molecular weight is 316 g/mol. The van der Waals surface area contributed by atoms with Crippen LogP contribution in [0.2, 0.25) is 0 Å². The molecule has 20 heavy (non-hydrogen) atoms. The zero-order chi connectivity index (χ0) is 14.2. The summed E-state index contributed by atoms with van der Waals surface area (Å²) in [6, 6.07) is 3.69. The van der Waals surface area contributed by atoms with E-state index in [1.54, 1.807) is 11.8 Å². The third kappa shape index (κ3) is 2.34. The maximum atomic E-state index is 14.2. The number of thioether (sulfide) groups is 1. The van der Waals surface area contributed by atoms with Crippen molar-refractivity contribution >= 4 is 26.3 Å². The molecule has 7 heteroatoms. The maximum Gasteiger partial charge on any atom is 0.160 e. The van der Waals surface area contributed by atoms with E-state index in [0.717, 1.165) is 23.4 Å². The van der Waals surface area contributed by atoms with Crippen LogP contribution >= 0.6 is 21.2 Å². The molecule has 1 saturated heterocycles. The van der Waals surface area contributed by atoms with E-state index < -0.39 is 17.2 Å². The smallest absolute Gasteiger partial charge is 0.160 e. The van der Waals surface area contributed by atoms with Gasteiger partial charge < -0.3 is 9.82 Å². The highest BCUT2D eigenvalue weighted by molar-refractivity contribution is 8.14. The lowest BCUT2D eigenvalue weighted by Crippen LogP contribution is -2.48. The van der Waals surface area contributed by atoms with Crippen LogP contribution in [0.15, 0.2) is 23.2 Å². The second-order valence-corrected chi connectivity index (χ2v) is 6.26. The van der Waals surface area contributed by atoms with Crippen molar-refractivity contribution in [2.75, 3.05) is 19.0 Å². The van der Waals surface area contributed by atoms with Gasteiger partial charge in [-0.3, -0.25) is 0 Å². The minimum atomic E-state index is -0.750. The first kappa shape index (κ1) is 14.2. The number of hydrogen-bond acceptors (Lipinski definition) is 4. The predicted octanol–water partition coefficient (Wildman–Crippen LogP) is 2.68. The second kappa shape index (κ2) is 5.58. The van der Waals surface area contributed by atoms with Gasteiger partial charge in [-0.2, -0.15) is 0 Å². The number of ether oxygens (including phenoxy) is 1. The van der Waals surface area contributed by atoms with Crippen LogP contribution in [0, 0.1) is 17.6 Å². The number of fused-ring (bicyclic) bond motifs is 1. The van der Waals surface area contributed by atoms with E-state index in [1.807, 2.05) is 0 Å². The van der Waals surface area contributed by atoms with Crippen molar-refractivity contribution in [3.8, 4) is 0 Å². The van der Waals surface area contributed by atoms with Gasteiger partial charge in [-0.25, -0.2) is 13.8 Å². The monoisotopic (exact) mass is 316 g/mol. The van der Waals surface area contributed by atoms with Crippen LogP contribution in [0.4, 0.5) is 8.78 Å². The van der Waals surface area contributed by atoms with Crippen molar-refractivity contribution in [2.45, 2.75) is 12.0 Å². The third-order valence-corrected chi connectivity index (χ3v) is 5.39. The molecule has 0 saturated carbocycles. The zero-order valence-electron chi connectivity index (χ0n) is 10.7. The molecule has 1 N–H and O–H groups in total. The van der Waals surface area contributed by atoms with Crippen LogP contribution in [0.3, 0.4) is 0 Å². The van der Waals surface area contributed by atoms with Gasteiger partial charge in [0.15, 0.2) is 5.17 Å². The molecule has 3 nitrogen and oxygen atoms in total. The van der Waals surface area contributed by atoms with Crippen molar-refractivity contribution in [3.05, 3.63) is 35.4 Å². The molecule has 1 aromatic carbocycles. The topological polar surface area (TPSA) is 33.6 Å². The SMILES string of the molecule is Fc1ccc(C23COCCC2CSC(NP)=N3)c(F)c1. The van der Waals surface area contributed by atoms with Gasteiger partial charge in [-0.05, 0) is 21.9 Å². The standard InChI is InChI=1S/C13H15F2N2OPS/c14-9-1-2-10(11(15)5-9)13-7-18-4-3-8(13)6-20-12(16-13)17-19/h1-2,5,8H,3-4,6-7,19H2,(H,16,17). The first-order valence-corrected chi connectivity index (χ1v) is 7.94. The number of benzene rings is 1. The van der Waals surface area contributed by atoms with E-state index in [2.05, 4.69) is 19.5 Å². The van der Waals surface area contributed by atoms with Crippen LogP contribution in [0.25, 0.3) is 0 Å². The Balaban J connectivity index is 2.12. The van der Waals surface area contributed by atoms with Crippen molar-refractivity contribution in [1.29, 1.82) is 0 Å². The highest BCUT2D eigenvalue weighted by Gasteiger charge is 2.47. The largest absolute Gasteiger partial charge is 0.379 e. The molecule has 3 rings (SSSR count). The Kier molecular flexibility index (Phi) is 3.98. The average Bonchev–Trinajstić information content (AvgIpc) is 2.46. The molecule has 1 aromatic rings. The number of aliphatic imine (C=N–C) groups is 1. The number of halogens is 2. The summed E-state index contributed by atoms with van der Waals surface area (Å²) in [6.45, 7) is 0.992. The summed E-state index contributed by atoms with van der Waals surface area (Å²) >= 11 is 1.62. The third-order valence-electron chi connectivity index (χ3n) is 3.85. The minimum Gasteiger partial charge on any atom is -0.379 e. The van der Waals surface area contributed by atoms with Crippen molar-refractivity contribution in [1.82, 2.24) is 5.09 Å². The fourth-order valence-electron chi connectivity index (χ4n) is 2.82. The normalized spacial score (nSPS) is 29.6. The number of nitrogens with zero attached hydrogens (tertiary/aromatic N) is 1. The quantitative estimate of drug-likeness (QED) is 0.809. The van der Waals surface area contributed by atoms with Gasteiger partial charge in [0.2, 0.25) is 0 Å². The maximum absolute atomic E-state index is 14.2. The van der Waals surface area contributed by atoms with Gasteiger partial charge in [0.05, 0.1) is 6.61 Å². The lowest BCUT2D eigenvalue weighted by atomic mass is 9.76. The minimum absolute atomic E-state index is 0.198. The van der Waals surface area contributed by atoms with Crippen molar-refractivity contribution in [2.24, 2.45) is 10.9 Å². The summed E-state index contributed by atoms with van der Waals surface area (Å²) < 4.78 is 33.0. The fraction of sp³-hybridized carbons (Fsp3) is 0.462. The number of hydrogen-bond donors (Lipinski definition) is 1. The van der Waals surface area contributed by atoms with Gasteiger partial charge in [0, 0.05) is 29.9 Å². The summed E-state index contributed by atoms with van der Waals surface area (Å²) in [7, 11) is 2.40. The summed E-state index contributed by atoms with van der Waals surface area (Å²) in [6.07, 6.45) is 0.831. The van der Waals surface area contributed by atoms with Gasteiger partial charge in [0.25, 0.3) is 0 Å². The summed E-state index contributed by atoms with van der Waals surface area (Å²) in [5.74, 6) is -0.0857. The Morgan fingerprint density at radius 2 is 2.30 bits per heavy atom. The fourth-order valence-corrected chi connectivity index (χ4v) is 4.25. The number of rotatable bonds is 1. The van der Waals surface area contributed by atoms with Crippen molar-refractivity contribution in [3.63, 3.8) is 0 Å². The van der Waals surface area contributed by atoms with E-state index >= 15 is 0 Å². The summed E-state index contributed by atoms with van der Waals surface area (Å²) in [5, 5.41) is 3.68. The van der Waals surface area contributed by atoms with Crippen LogP contribution in [-0.2, 0) is 10.3 Å². The molecule has 2 heterocycles. The van der Waals surface area contributed by atoms with Crippen LogP contribution in [-0.4, -0.2) is 24.1 Å². The molecule has 3 unspecified atom stereocenters. The molecule has 0 radical (unpaired) electrons. The van der Waals surface area contributed by atoms with E-state index in [1.165, 1.54) is 12.1 Å². The molecular formula is C13H15F2N2OPS. The van der Waals surface area contributed by atoms with Gasteiger partial charge >= 0.3 is 0 Å². The summed E-state index contributed by atoms with van der Waals surface area (Å²) in [5.41, 5.74) is -0.332. The zero-order valence-corrected chi connectivity index (χ0v) is 12.7. The van der Waals surface area contributed by atoms with Gasteiger partial charge in [0.1, 0.15) is 17.2 Å². The van der Waals surface area contributed by atoms with Gasteiger partial charge in [-0.1, -0.05) is 17.8 Å². The molecule has 2 aliphatic rings. The van der Waals surface area contributed by atoms with Crippen LogP contribution in [0.1, 0.15) is 12.0 Å². The number of amidine groups is 1. The molecule has 3 atom stereocenters. The molecule has 0 aliphatic carbocycles. The van der Waals surface area contributed by atoms with E-state index in [4.69, 9.17) is 4.74 Å². The Labute approximate surface area is 122 Å². The first-order valence-electron chi connectivity index (χ1n) is 6.38. The number of nitrogens with one attached hydrogen (secondary N) is 1. The molecule has 0 amide bonds. The van der Waals surface area contributed by atoms with Crippen LogP contribution < -0.4 is 5.09 Å². The lowest BCUT2D eigenvalue weighted by molar-refractivity contribution is 0.00292. The molecular weight excluding hydrogens is 301 g/mol. The molecule has 1 fully saturated rings. The molecule has 0 spiro atoms. The highest BCUT2D eigenvalue weighted by atomic mass is 32.2. The second-order valence-electron chi connectivity index (χ2n) is 4.96. The molecule has 0 aromatic heterocycles. The van der Waals surface area contributed by atoms with E-state index in [0.29, 0.717) is 18.8 Å². The predicted molar refractivity (Wildman–Crippen MR) is 79.7 cm³/mol. The van der Waals surface area contributed by atoms with E-state index in [-0.39, 0.29) is 5.92 Å². The van der Waals surface area contributed by atoms with E-state index in [9.17, 15) is 8.78 Å².